The smallest absolute Gasteiger partial charge is 0.280 e. The van der Waals surface area contributed by atoms with Crippen LogP contribution >= 0.6 is 15.9 Å². The van der Waals surface area contributed by atoms with E-state index in [-0.39, 0.29) is 5.91 Å². The third-order valence-corrected chi connectivity index (χ3v) is 4.73. The predicted octanol–water partition coefficient (Wildman–Crippen LogP) is 4.53. The first-order valence-corrected chi connectivity index (χ1v) is 9.18. The van der Waals surface area contributed by atoms with Crippen LogP contribution in [0, 0.1) is 0 Å². The highest BCUT2D eigenvalue weighted by atomic mass is 79.9. The van der Waals surface area contributed by atoms with Crippen LogP contribution in [0.3, 0.4) is 0 Å². The number of ether oxygens (including phenoxy) is 2. The van der Waals surface area contributed by atoms with E-state index >= 15 is 0 Å². The molecule has 0 bridgehead atoms. The Morgan fingerprint density at radius 3 is 2.74 bits per heavy atom. The lowest BCUT2D eigenvalue weighted by atomic mass is 10.1. The maximum atomic E-state index is 12.3. The van der Waals surface area contributed by atoms with Crippen LogP contribution in [0.1, 0.15) is 12.5 Å². The van der Waals surface area contributed by atoms with Crippen molar-refractivity contribution in [3.8, 4) is 11.5 Å². The second kappa shape index (κ2) is 8.68. The van der Waals surface area contributed by atoms with Gasteiger partial charge in [-0.15, -0.1) is 0 Å². The summed E-state index contributed by atoms with van der Waals surface area (Å²) in [7, 11) is 1.60. The third kappa shape index (κ3) is 4.65. The molecular weight excluding hydrogens is 408 g/mol. The first-order chi connectivity index (χ1) is 13.1. The Balaban J connectivity index is 1.66. The largest absolute Gasteiger partial charge is 0.497 e. The number of carbonyl (C=O) groups is 1. The Hall–Kier alpha value is -2.86. The summed E-state index contributed by atoms with van der Waals surface area (Å²) in [6.07, 6.45) is 0.858. The minimum absolute atomic E-state index is 0.335. The zero-order chi connectivity index (χ0) is 19.2. The topological polar surface area (TPSA) is 59.9 Å². The highest BCUT2D eigenvalue weighted by Gasteiger charge is 2.15. The molecule has 1 unspecified atom stereocenters. The number of benzene rings is 3. The standard InChI is InChI=1S/C21H19BrN2O3/c1-14(27-20-9-5-7-15-6-3-4-8-18(15)20)21(25)24-23-13-16-12-17(26-2)10-11-19(16)22/h3-14H,1-2H3,(H,24,25). The number of nitrogens with one attached hydrogen (secondary N) is 1. The molecule has 1 N–H and O–H groups in total. The second-order valence-electron chi connectivity index (χ2n) is 5.86. The summed E-state index contributed by atoms with van der Waals surface area (Å²) in [5.74, 6) is 1.03. The molecule has 0 radical (unpaired) electrons. The van der Waals surface area contributed by atoms with Crippen LogP contribution in [0.25, 0.3) is 10.8 Å². The summed E-state index contributed by atoms with van der Waals surface area (Å²) in [5, 5.41) is 6.03. The lowest BCUT2D eigenvalue weighted by Gasteiger charge is -2.14. The molecule has 0 saturated carbocycles. The number of halogens is 1. The lowest BCUT2D eigenvalue weighted by molar-refractivity contribution is -0.127. The first kappa shape index (κ1) is 18.9. The van der Waals surface area contributed by atoms with Gasteiger partial charge in [0.15, 0.2) is 6.10 Å². The maximum Gasteiger partial charge on any atom is 0.280 e. The van der Waals surface area contributed by atoms with Crippen LogP contribution in [-0.4, -0.2) is 25.3 Å². The molecule has 3 aromatic rings. The molecule has 0 aromatic heterocycles. The SMILES string of the molecule is COc1ccc(Br)c(C=NNC(=O)C(C)Oc2cccc3ccccc23)c1. The van der Waals surface area contributed by atoms with Gasteiger partial charge in [0, 0.05) is 15.4 Å². The summed E-state index contributed by atoms with van der Waals surface area (Å²) in [5.41, 5.74) is 3.30. The van der Waals surface area contributed by atoms with Gasteiger partial charge in [-0.05, 0) is 36.6 Å². The molecule has 3 rings (SSSR count). The second-order valence-corrected chi connectivity index (χ2v) is 6.71. The van der Waals surface area contributed by atoms with Crippen LogP contribution in [0.15, 0.2) is 70.2 Å². The van der Waals surface area contributed by atoms with E-state index in [2.05, 4.69) is 26.5 Å². The Morgan fingerprint density at radius 2 is 1.93 bits per heavy atom. The molecule has 0 spiro atoms. The number of carbonyl (C=O) groups excluding carboxylic acids is 1. The average Bonchev–Trinajstić information content (AvgIpc) is 2.69. The molecule has 6 heteroatoms. The van der Waals surface area contributed by atoms with E-state index < -0.39 is 6.10 Å². The number of fused-ring (bicyclic) bond motifs is 1. The van der Waals surface area contributed by atoms with Crippen molar-refractivity contribution < 1.29 is 14.3 Å². The van der Waals surface area contributed by atoms with Crippen LogP contribution in [0.2, 0.25) is 0 Å². The van der Waals surface area contributed by atoms with Gasteiger partial charge >= 0.3 is 0 Å². The zero-order valence-corrected chi connectivity index (χ0v) is 16.6. The zero-order valence-electron chi connectivity index (χ0n) is 15.0. The lowest BCUT2D eigenvalue weighted by Crippen LogP contribution is -2.33. The molecule has 138 valence electrons. The maximum absolute atomic E-state index is 12.3. The Labute approximate surface area is 166 Å². The van der Waals surface area contributed by atoms with E-state index in [1.807, 2.05) is 60.7 Å². The molecule has 0 aliphatic carbocycles. The fraction of sp³-hybridized carbons (Fsp3) is 0.143. The van der Waals surface area contributed by atoms with E-state index in [9.17, 15) is 4.79 Å². The number of hydrazone groups is 1. The highest BCUT2D eigenvalue weighted by Crippen LogP contribution is 2.26. The van der Waals surface area contributed by atoms with Gasteiger partial charge in [0.25, 0.3) is 5.91 Å². The van der Waals surface area contributed by atoms with Crippen molar-refractivity contribution in [1.82, 2.24) is 5.43 Å². The van der Waals surface area contributed by atoms with Crippen molar-refractivity contribution in [2.24, 2.45) is 5.10 Å². The summed E-state index contributed by atoms with van der Waals surface area (Å²) >= 11 is 3.44. The van der Waals surface area contributed by atoms with E-state index in [0.29, 0.717) is 11.5 Å². The van der Waals surface area contributed by atoms with E-state index in [1.165, 1.54) is 0 Å². The summed E-state index contributed by atoms with van der Waals surface area (Å²) in [4.78, 5) is 12.3. The summed E-state index contributed by atoms with van der Waals surface area (Å²) in [6.45, 7) is 1.69. The van der Waals surface area contributed by atoms with E-state index in [1.54, 1.807) is 20.2 Å². The average molecular weight is 427 g/mol. The fourth-order valence-electron chi connectivity index (χ4n) is 2.55. The van der Waals surface area contributed by atoms with Crippen LogP contribution < -0.4 is 14.9 Å². The molecular formula is C21H19BrN2O3. The van der Waals surface area contributed by atoms with Gasteiger partial charge in [-0.1, -0.05) is 52.3 Å². The van der Waals surface area contributed by atoms with Crippen molar-refractivity contribution in [1.29, 1.82) is 0 Å². The van der Waals surface area contributed by atoms with Crippen molar-refractivity contribution >= 4 is 38.8 Å². The van der Waals surface area contributed by atoms with Crippen LogP contribution in [0.5, 0.6) is 11.5 Å². The van der Waals surface area contributed by atoms with Gasteiger partial charge in [-0.2, -0.15) is 5.10 Å². The van der Waals surface area contributed by atoms with Crippen molar-refractivity contribution in [2.75, 3.05) is 7.11 Å². The molecule has 0 aliphatic rings. The van der Waals surface area contributed by atoms with Crippen LogP contribution in [-0.2, 0) is 4.79 Å². The van der Waals surface area contributed by atoms with E-state index in [0.717, 1.165) is 20.8 Å². The Morgan fingerprint density at radius 1 is 1.15 bits per heavy atom. The van der Waals surface area contributed by atoms with Gasteiger partial charge in [0.1, 0.15) is 11.5 Å². The molecule has 0 saturated heterocycles. The number of hydrogen-bond donors (Lipinski definition) is 1. The quantitative estimate of drug-likeness (QED) is 0.465. The van der Waals surface area contributed by atoms with Gasteiger partial charge < -0.3 is 9.47 Å². The molecule has 0 fully saturated rings. The van der Waals surface area contributed by atoms with Crippen molar-refractivity contribution in [2.45, 2.75) is 13.0 Å². The number of nitrogens with zero attached hydrogens (tertiary/aromatic N) is 1. The number of rotatable bonds is 6. The van der Waals surface area contributed by atoms with Gasteiger partial charge in [0.2, 0.25) is 0 Å². The predicted molar refractivity (Wildman–Crippen MR) is 110 cm³/mol. The normalized spacial score (nSPS) is 12.1. The molecule has 1 amide bonds. The fourth-order valence-corrected chi connectivity index (χ4v) is 2.90. The number of methoxy groups -OCH3 is 1. The molecule has 5 nitrogen and oxygen atoms in total. The molecule has 27 heavy (non-hydrogen) atoms. The van der Waals surface area contributed by atoms with Gasteiger partial charge in [-0.25, -0.2) is 5.43 Å². The van der Waals surface area contributed by atoms with Crippen molar-refractivity contribution in [3.05, 3.63) is 70.7 Å². The number of hydrogen-bond acceptors (Lipinski definition) is 4. The summed E-state index contributed by atoms with van der Waals surface area (Å²) < 4.78 is 11.9. The van der Waals surface area contributed by atoms with Gasteiger partial charge in [-0.3, -0.25) is 4.79 Å². The van der Waals surface area contributed by atoms with Crippen LogP contribution in [0.4, 0.5) is 0 Å². The Kier molecular flexibility index (Phi) is 6.08. The number of amides is 1. The molecule has 1 atom stereocenters. The van der Waals surface area contributed by atoms with Gasteiger partial charge in [0.05, 0.1) is 13.3 Å². The monoisotopic (exact) mass is 426 g/mol. The first-order valence-electron chi connectivity index (χ1n) is 8.39. The highest BCUT2D eigenvalue weighted by molar-refractivity contribution is 9.10. The molecule has 0 aliphatic heterocycles. The van der Waals surface area contributed by atoms with Crippen molar-refractivity contribution in [3.63, 3.8) is 0 Å². The Bertz CT molecular complexity index is 983. The minimum atomic E-state index is -0.693. The molecule has 3 aromatic carbocycles. The third-order valence-electron chi connectivity index (χ3n) is 4.00. The molecule has 0 heterocycles. The minimum Gasteiger partial charge on any atom is -0.497 e. The van der Waals surface area contributed by atoms with E-state index in [4.69, 9.17) is 9.47 Å². The summed E-state index contributed by atoms with van der Waals surface area (Å²) in [6, 6.07) is 19.1.